The smallest absolute Gasteiger partial charge is 0.339 e. The number of carbonyl (C=O) groups is 1. The largest absolute Gasteiger partial charge is 0.492 e. The van der Waals surface area contributed by atoms with Gasteiger partial charge in [0.25, 0.3) is 0 Å². The Labute approximate surface area is 203 Å². The van der Waals surface area contributed by atoms with E-state index in [4.69, 9.17) is 9.47 Å². The van der Waals surface area contributed by atoms with Gasteiger partial charge in [-0.05, 0) is 61.4 Å². The van der Waals surface area contributed by atoms with E-state index in [0.29, 0.717) is 31.4 Å². The molecule has 4 rings (SSSR count). The highest BCUT2D eigenvalue weighted by Crippen LogP contribution is 2.19. The van der Waals surface area contributed by atoms with E-state index in [1.807, 2.05) is 11.0 Å². The Morgan fingerprint density at radius 3 is 2.40 bits per heavy atom. The maximum absolute atomic E-state index is 13.1. The fourth-order valence-corrected chi connectivity index (χ4v) is 3.80. The Morgan fingerprint density at radius 1 is 1.00 bits per heavy atom. The van der Waals surface area contributed by atoms with Gasteiger partial charge in [0.1, 0.15) is 36.1 Å². The Bertz CT molecular complexity index is 1160. The third-order valence-corrected chi connectivity index (χ3v) is 6.08. The van der Waals surface area contributed by atoms with Crippen LogP contribution in [0.2, 0.25) is 0 Å². The van der Waals surface area contributed by atoms with Crippen LogP contribution in [0, 0.1) is 19.7 Å². The van der Waals surface area contributed by atoms with Crippen LogP contribution in [0.3, 0.4) is 0 Å². The molecule has 1 aliphatic heterocycles. The number of hydrogen-bond donors (Lipinski definition) is 1. The average molecular weight is 481 g/mol. The second-order valence-corrected chi connectivity index (χ2v) is 8.50. The van der Waals surface area contributed by atoms with Gasteiger partial charge in [0.05, 0.1) is 5.69 Å². The molecule has 1 saturated heterocycles. The Morgan fingerprint density at radius 2 is 1.71 bits per heavy atom. The number of piperazine rings is 1. The van der Waals surface area contributed by atoms with E-state index in [2.05, 4.69) is 40.8 Å². The van der Waals surface area contributed by atoms with Crippen LogP contribution in [0.5, 0.6) is 11.5 Å². The second-order valence-electron chi connectivity index (χ2n) is 8.50. The molecule has 0 unspecified atom stereocenters. The molecule has 9 heteroatoms. The number of carboxylic acid groups (broad SMARTS) is 1. The summed E-state index contributed by atoms with van der Waals surface area (Å²) in [5, 5.41) is 9.51. The molecular weight excluding hydrogens is 451 g/mol. The molecule has 0 saturated carbocycles. The average Bonchev–Trinajstić information content (AvgIpc) is 2.86. The van der Waals surface area contributed by atoms with E-state index in [-0.39, 0.29) is 23.7 Å². The molecule has 0 spiro atoms. The minimum Gasteiger partial charge on any atom is -0.492 e. The molecule has 1 aliphatic rings. The molecule has 0 amide bonds. The highest BCUT2D eigenvalue weighted by molar-refractivity contribution is 5.88. The maximum Gasteiger partial charge on any atom is 0.339 e. The van der Waals surface area contributed by atoms with Crippen LogP contribution in [0.15, 0.2) is 48.7 Å². The van der Waals surface area contributed by atoms with Gasteiger partial charge in [-0.1, -0.05) is 6.07 Å². The molecular formula is C26H29FN4O4. The summed E-state index contributed by atoms with van der Waals surface area (Å²) in [6, 6.07) is 11.7. The molecule has 8 nitrogen and oxygen atoms in total. The summed E-state index contributed by atoms with van der Waals surface area (Å²) in [5.41, 5.74) is 2.72. The predicted molar refractivity (Wildman–Crippen MR) is 130 cm³/mol. The number of anilines is 1. The number of carboxylic acids is 1. The van der Waals surface area contributed by atoms with Crippen molar-refractivity contribution >= 4 is 11.9 Å². The maximum atomic E-state index is 13.1. The summed E-state index contributed by atoms with van der Waals surface area (Å²) in [4.78, 5) is 24.7. The van der Waals surface area contributed by atoms with Gasteiger partial charge >= 0.3 is 5.97 Å². The lowest BCUT2D eigenvalue weighted by Gasteiger charge is -2.34. The predicted octanol–water partition coefficient (Wildman–Crippen LogP) is 3.71. The summed E-state index contributed by atoms with van der Waals surface area (Å²) in [6.45, 7) is 8.60. The molecule has 3 aromatic rings. The number of aromatic carboxylic acids is 1. The first-order chi connectivity index (χ1) is 16.9. The summed E-state index contributed by atoms with van der Waals surface area (Å²) in [5.74, 6) is 0.291. The van der Waals surface area contributed by atoms with Crippen LogP contribution in [0.25, 0.3) is 0 Å². The Balaban J connectivity index is 1.31. The van der Waals surface area contributed by atoms with E-state index in [0.717, 1.165) is 25.4 Å². The van der Waals surface area contributed by atoms with E-state index in [1.54, 1.807) is 0 Å². The summed E-state index contributed by atoms with van der Waals surface area (Å²) >= 11 is 0. The van der Waals surface area contributed by atoms with Crippen molar-refractivity contribution in [2.75, 3.05) is 44.2 Å². The molecule has 0 atom stereocenters. The van der Waals surface area contributed by atoms with E-state index in [1.165, 1.54) is 41.6 Å². The SMILES string of the molecule is Cc1ccc(OCCN2CCN(c3ncc(C(=O)O)c(COc4ccc(F)cc4)n3)CC2)cc1C. The first-order valence-electron chi connectivity index (χ1n) is 11.5. The van der Waals surface area contributed by atoms with Crippen LogP contribution in [0.4, 0.5) is 10.3 Å². The number of aromatic nitrogens is 2. The quantitative estimate of drug-likeness (QED) is 0.496. The fraction of sp³-hybridized carbons (Fsp3) is 0.346. The lowest BCUT2D eigenvalue weighted by atomic mass is 10.1. The molecule has 1 aromatic heterocycles. The van der Waals surface area contributed by atoms with Crippen molar-refractivity contribution in [3.63, 3.8) is 0 Å². The Kier molecular flexibility index (Phi) is 7.77. The third-order valence-electron chi connectivity index (χ3n) is 6.08. The van der Waals surface area contributed by atoms with Crippen molar-refractivity contribution in [3.8, 4) is 11.5 Å². The van der Waals surface area contributed by atoms with Gasteiger partial charge in [0, 0.05) is 38.9 Å². The molecule has 0 radical (unpaired) electrons. The molecule has 1 N–H and O–H groups in total. The molecule has 2 heterocycles. The number of benzene rings is 2. The number of halogens is 1. The molecule has 0 bridgehead atoms. The van der Waals surface area contributed by atoms with Crippen molar-refractivity contribution in [3.05, 3.63) is 76.9 Å². The first-order valence-corrected chi connectivity index (χ1v) is 11.5. The van der Waals surface area contributed by atoms with Crippen LogP contribution < -0.4 is 14.4 Å². The zero-order valence-electron chi connectivity index (χ0n) is 19.9. The second kappa shape index (κ2) is 11.1. The number of rotatable bonds is 9. The molecule has 0 aliphatic carbocycles. The first kappa shape index (κ1) is 24.4. The van der Waals surface area contributed by atoms with Crippen LogP contribution >= 0.6 is 0 Å². The lowest BCUT2D eigenvalue weighted by Crippen LogP contribution is -2.48. The van der Waals surface area contributed by atoms with Gasteiger partial charge in [-0.25, -0.2) is 19.2 Å². The number of aryl methyl sites for hydroxylation is 2. The van der Waals surface area contributed by atoms with E-state index < -0.39 is 5.97 Å². The topological polar surface area (TPSA) is 88.0 Å². The lowest BCUT2D eigenvalue weighted by molar-refractivity contribution is 0.0692. The fourth-order valence-electron chi connectivity index (χ4n) is 3.80. The number of nitrogens with zero attached hydrogens (tertiary/aromatic N) is 4. The van der Waals surface area contributed by atoms with Crippen molar-refractivity contribution in [2.24, 2.45) is 0 Å². The third kappa shape index (κ3) is 6.45. The van der Waals surface area contributed by atoms with Crippen molar-refractivity contribution < 1.29 is 23.8 Å². The molecule has 35 heavy (non-hydrogen) atoms. The van der Waals surface area contributed by atoms with Crippen molar-refractivity contribution in [2.45, 2.75) is 20.5 Å². The van der Waals surface area contributed by atoms with Crippen LogP contribution in [-0.4, -0.2) is 65.3 Å². The normalized spacial score (nSPS) is 14.1. The Hall–Kier alpha value is -3.72. The van der Waals surface area contributed by atoms with E-state index in [9.17, 15) is 14.3 Å². The van der Waals surface area contributed by atoms with Gasteiger partial charge < -0.3 is 19.5 Å². The standard InChI is InChI=1S/C26H29FN4O4/c1-18-3-6-22(15-19(18)2)34-14-13-30-9-11-31(12-10-30)26-28-16-23(25(32)33)24(29-26)17-35-21-7-4-20(27)5-8-21/h3-8,15-16H,9-14,17H2,1-2H3,(H,32,33). The van der Waals surface area contributed by atoms with Crippen LogP contribution in [0.1, 0.15) is 27.2 Å². The summed E-state index contributed by atoms with van der Waals surface area (Å²) < 4.78 is 24.6. The minimum atomic E-state index is -1.12. The van der Waals surface area contributed by atoms with E-state index >= 15 is 0 Å². The van der Waals surface area contributed by atoms with Gasteiger partial charge in [-0.15, -0.1) is 0 Å². The van der Waals surface area contributed by atoms with Crippen LogP contribution in [-0.2, 0) is 6.61 Å². The molecule has 2 aromatic carbocycles. The highest BCUT2D eigenvalue weighted by atomic mass is 19.1. The minimum absolute atomic E-state index is 0.0158. The summed E-state index contributed by atoms with van der Waals surface area (Å²) in [7, 11) is 0. The zero-order valence-corrected chi connectivity index (χ0v) is 19.9. The number of ether oxygens (including phenoxy) is 2. The summed E-state index contributed by atoms with van der Waals surface area (Å²) in [6.07, 6.45) is 1.32. The van der Waals surface area contributed by atoms with Gasteiger partial charge in [-0.3, -0.25) is 4.90 Å². The molecule has 184 valence electrons. The van der Waals surface area contributed by atoms with Crippen molar-refractivity contribution in [1.29, 1.82) is 0 Å². The van der Waals surface area contributed by atoms with Gasteiger partial charge in [0.2, 0.25) is 5.95 Å². The zero-order chi connectivity index (χ0) is 24.8. The molecule has 1 fully saturated rings. The highest BCUT2D eigenvalue weighted by Gasteiger charge is 2.21. The van der Waals surface area contributed by atoms with Gasteiger partial charge in [0.15, 0.2) is 0 Å². The van der Waals surface area contributed by atoms with Crippen molar-refractivity contribution in [1.82, 2.24) is 14.9 Å². The monoisotopic (exact) mass is 480 g/mol. The number of hydrogen-bond acceptors (Lipinski definition) is 7. The van der Waals surface area contributed by atoms with Gasteiger partial charge in [-0.2, -0.15) is 0 Å².